The van der Waals surface area contributed by atoms with Crippen LogP contribution in [0, 0.1) is 11.3 Å². The van der Waals surface area contributed by atoms with Gasteiger partial charge in [-0.1, -0.05) is 12.1 Å². The van der Waals surface area contributed by atoms with Gasteiger partial charge in [0.25, 0.3) is 0 Å². The number of hydrogen-bond donors (Lipinski definition) is 2. The van der Waals surface area contributed by atoms with E-state index in [-0.39, 0.29) is 12.5 Å². The zero-order valence-electron chi connectivity index (χ0n) is 13.5. The third-order valence-electron chi connectivity index (χ3n) is 4.11. The third kappa shape index (κ3) is 3.85. The molecule has 122 valence electrons. The summed E-state index contributed by atoms with van der Waals surface area (Å²) in [6.45, 7) is 2.33. The zero-order valence-corrected chi connectivity index (χ0v) is 13.5. The van der Waals surface area contributed by atoms with Gasteiger partial charge in [-0.3, -0.25) is 4.79 Å². The average Bonchev–Trinajstić information content (AvgIpc) is 3.15. The molecule has 1 saturated heterocycles. The van der Waals surface area contributed by atoms with Crippen LogP contribution >= 0.6 is 0 Å². The summed E-state index contributed by atoms with van der Waals surface area (Å²) in [5.41, 5.74) is 3.17. The Bertz CT molecular complexity index is 743. The SMILES string of the molecule is N#Cc1ccccc1NCC(=O)Nc1ccc(N2CCCC2)cc1. The molecule has 0 saturated carbocycles. The zero-order chi connectivity index (χ0) is 16.8. The van der Waals surface area contributed by atoms with Crippen molar-refractivity contribution in [2.24, 2.45) is 0 Å². The quantitative estimate of drug-likeness (QED) is 0.887. The Morgan fingerprint density at radius 1 is 1.08 bits per heavy atom. The van der Waals surface area contributed by atoms with Crippen LogP contribution in [0.4, 0.5) is 17.1 Å². The normalized spacial score (nSPS) is 13.4. The molecule has 0 unspecified atom stereocenters. The number of anilines is 3. The van der Waals surface area contributed by atoms with E-state index in [0.717, 1.165) is 18.8 Å². The fraction of sp³-hybridized carbons (Fsp3) is 0.263. The van der Waals surface area contributed by atoms with E-state index in [2.05, 4.69) is 21.6 Å². The first-order valence-corrected chi connectivity index (χ1v) is 8.14. The van der Waals surface area contributed by atoms with E-state index in [1.54, 1.807) is 18.2 Å². The summed E-state index contributed by atoms with van der Waals surface area (Å²) in [7, 11) is 0. The van der Waals surface area contributed by atoms with Gasteiger partial charge in [0.05, 0.1) is 17.8 Å². The molecule has 2 N–H and O–H groups in total. The van der Waals surface area contributed by atoms with Gasteiger partial charge in [0.15, 0.2) is 0 Å². The van der Waals surface area contributed by atoms with Gasteiger partial charge in [-0.15, -0.1) is 0 Å². The second-order valence-electron chi connectivity index (χ2n) is 5.80. The Morgan fingerprint density at radius 3 is 2.50 bits per heavy atom. The van der Waals surface area contributed by atoms with Gasteiger partial charge in [0.1, 0.15) is 6.07 Å². The summed E-state index contributed by atoms with van der Waals surface area (Å²) < 4.78 is 0. The van der Waals surface area contributed by atoms with E-state index in [0.29, 0.717) is 11.3 Å². The number of nitriles is 1. The first kappa shape index (κ1) is 15.9. The monoisotopic (exact) mass is 320 g/mol. The van der Waals surface area contributed by atoms with Gasteiger partial charge in [0.2, 0.25) is 5.91 Å². The molecule has 0 bridgehead atoms. The topological polar surface area (TPSA) is 68.2 Å². The minimum atomic E-state index is -0.142. The maximum absolute atomic E-state index is 12.1. The summed E-state index contributed by atoms with van der Waals surface area (Å²) in [6.07, 6.45) is 2.49. The minimum Gasteiger partial charge on any atom is -0.375 e. The molecule has 1 aliphatic rings. The van der Waals surface area contributed by atoms with Crippen LogP contribution in [-0.4, -0.2) is 25.5 Å². The first-order chi connectivity index (χ1) is 11.8. The van der Waals surface area contributed by atoms with Crippen LogP contribution in [0.2, 0.25) is 0 Å². The molecule has 0 atom stereocenters. The van der Waals surface area contributed by atoms with Gasteiger partial charge < -0.3 is 15.5 Å². The lowest BCUT2D eigenvalue weighted by Gasteiger charge is -2.17. The number of nitrogens with one attached hydrogen (secondary N) is 2. The number of hydrogen-bond acceptors (Lipinski definition) is 4. The van der Waals surface area contributed by atoms with Crippen molar-refractivity contribution in [1.29, 1.82) is 5.26 Å². The lowest BCUT2D eigenvalue weighted by Crippen LogP contribution is -2.22. The van der Waals surface area contributed by atoms with E-state index in [9.17, 15) is 4.79 Å². The van der Waals surface area contributed by atoms with E-state index in [4.69, 9.17) is 5.26 Å². The number of nitrogens with zero attached hydrogens (tertiary/aromatic N) is 2. The van der Waals surface area contributed by atoms with Crippen LogP contribution in [0.1, 0.15) is 18.4 Å². The summed E-state index contributed by atoms with van der Waals surface area (Å²) in [6, 6.07) is 17.2. The molecule has 5 nitrogen and oxygen atoms in total. The van der Waals surface area contributed by atoms with Crippen molar-refractivity contribution in [3.8, 4) is 6.07 Å². The number of rotatable bonds is 5. The predicted octanol–water partition coefficient (Wildman–Crippen LogP) is 3.21. The third-order valence-corrected chi connectivity index (χ3v) is 4.11. The van der Waals surface area contributed by atoms with Gasteiger partial charge in [-0.2, -0.15) is 5.26 Å². The Hall–Kier alpha value is -3.00. The molecule has 0 aromatic heterocycles. The van der Waals surface area contributed by atoms with Crippen LogP contribution in [0.3, 0.4) is 0 Å². The van der Waals surface area contributed by atoms with Gasteiger partial charge >= 0.3 is 0 Å². The van der Waals surface area contributed by atoms with Crippen molar-refractivity contribution in [3.63, 3.8) is 0 Å². The predicted molar refractivity (Wildman–Crippen MR) is 96.2 cm³/mol. The number of carbonyl (C=O) groups excluding carboxylic acids is 1. The molecule has 1 heterocycles. The lowest BCUT2D eigenvalue weighted by atomic mass is 10.2. The largest absolute Gasteiger partial charge is 0.375 e. The highest BCUT2D eigenvalue weighted by Crippen LogP contribution is 2.22. The smallest absolute Gasteiger partial charge is 0.243 e. The lowest BCUT2D eigenvalue weighted by molar-refractivity contribution is -0.114. The fourth-order valence-electron chi connectivity index (χ4n) is 2.85. The van der Waals surface area contributed by atoms with E-state index in [1.165, 1.54) is 18.5 Å². The van der Waals surface area contributed by atoms with Crippen molar-refractivity contribution >= 4 is 23.0 Å². The molecule has 1 aliphatic heterocycles. The van der Waals surface area contributed by atoms with Crippen LogP contribution in [-0.2, 0) is 4.79 Å². The molecule has 24 heavy (non-hydrogen) atoms. The van der Waals surface area contributed by atoms with Crippen molar-refractivity contribution in [3.05, 3.63) is 54.1 Å². The van der Waals surface area contributed by atoms with Gasteiger partial charge in [-0.25, -0.2) is 0 Å². The standard InChI is InChI=1S/C19H20N4O/c20-13-15-5-1-2-6-18(15)21-14-19(24)22-16-7-9-17(10-8-16)23-11-3-4-12-23/h1-2,5-10,21H,3-4,11-12,14H2,(H,22,24). The Morgan fingerprint density at radius 2 is 1.79 bits per heavy atom. The van der Waals surface area contributed by atoms with Crippen molar-refractivity contribution in [2.75, 3.05) is 35.2 Å². The highest BCUT2D eigenvalue weighted by Gasteiger charge is 2.12. The highest BCUT2D eigenvalue weighted by atomic mass is 16.1. The van der Waals surface area contributed by atoms with Crippen molar-refractivity contribution in [2.45, 2.75) is 12.8 Å². The Kier molecular flexibility index (Phi) is 4.97. The fourth-order valence-corrected chi connectivity index (χ4v) is 2.85. The maximum atomic E-state index is 12.1. The maximum Gasteiger partial charge on any atom is 0.243 e. The Labute approximate surface area is 141 Å². The number of amides is 1. The molecule has 2 aromatic rings. The van der Waals surface area contributed by atoms with Gasteiger partial charge in [0, 0.05) is 24.5 Å². The molecule has 1 amide bonds. The minimum absolute atomic E-state index is 0.118. The van der Waals surface area contributed by atoms with Crippen molar-refractivity contribution in [1.82, 2.24) is 0 Å². The molecule has 1 fully saturated rings. The molecule has 5 heteroatoms. The average molecular weight is 320 g/mol. The molecule has 2 aromatic carbocycles. The van der Waals surface area contributed by atoms with Crippen molar-refractivity contribution < 1.29 is 4.79 Å². The molecule has 3 rings (SSSR count). The van der Waals surface area contributed by atoms with Crippen LogP contribution in [0.15, 0.2) is 48.5 Å². The van der Waals surface area contributed by atoms with E-state index >= 15 is 0 Å². The highest BCUT2D eigenvalue weighted by molar-refractivity contribution is 5.94. The van der Waals surface area contributed by atoms with E-state index < -0.39 is 0 Å². The van der Waals surface area contributed by atoms with Crippen LogP contribution in [0.25, 0.3) is 0 Å². The Balaban J connectivity index is 1.54. The number of benzene rings is 2. The summed E-state index contributed by atoms with van der Waals surface area (Å²) in [4.78, 5) is 14.4. The molecular formula is C19H20N4O. The summed E-state index contributed by atoms with van der Waals surface area (Å²) in [5, 5.41) is 14.9. The summed E-state index contributed by atoms with van der Waals surface area (Å²) in [5.74, 6) is -0.142. The van der Waals surface area contributed by atoms with Crippen LogP contribution in [0.5, 0.6) is 0 Å². The molecule has 0 aliphatic carbocycles. The van der Waals surface area contributed by atoms with Gasteiger partial charge in [-0.05, 0) is 49.2 Å². The molecule has 0 radical (unpaired) electrons. The number of carbonyl (C=O) groups is 1. The molecular weight excluding hydrogens is 300 g/mol. The summed E-state index contributed by atoms with van der Waals surface area (Å²) >= 11 is 0. The van der Waals surface area contributed by atoms with E-state index in [1.807, 2.05) is 30.3 Å². The number of para-hydroxylation sites is 1. The second kappa shape index (κ2) is 7.51. The molecule has 0 spiro atoms. The van der Waals surface area contributed by atoms with Crippen LogP contribution < -0.4 is 15.5 Å². The second-order valence-corrected chi connectivity index (χ2v) is 5.80. The first-order valence-electron chi connectivity index (χ1n) is 8.14.